The number of sulfonamides is 1. The van der Waals surface area contributed by atoms with Gasteiger partial charge in [-0.1, -0.05) is 18.5 Å². The highest BCUT2D eigenvalue weighted by Crippen LogP contribution is 2.38. The van der Waals surface area contributed by atoms with Gasteiger partial charge in [-0.05, 0) is 5.92 Å². The third-order valence-electron chi connectivity index (χ3n) is 3.95. The fourth-order valence-electron chi connectivity index (χ4n) is 2.61. The predicted octanol–water partition coefficient (Wildman–Crippen LogP) is 1.70. The number of hydrogen-bond acceptors (Lipinski definition) is 5. The van der Waals surface area contributed by atoms with Crippen molar-refractivity contribution in [3.8, 4) is 11.5 Å². The van der Waals surface area contributed by atoms with Crippen LogP contribution in [0.15, 0.2) is 17.0 Å². The minimum atomic E-state index is -3.92. The molecule has 0 aromatic heterocycles. The number of nitrogens with zero attached hydrogens (tertiary/aromatic N) is 1. The normalized spacial score (nSPS) is 22.1. The minimum absolute atomic E-state index is 0.00548. The lowest BCUT2D eigenvalue weighted by molar-refractivity contribution is -0.142. The number of methoxy groups -OCH3 is 2. The van der Waals surface area contributed by atoms with E-state index < -0.39 is 21.9 Å². The molecule has 1 aromatic carbocycles. The van der Waals surface area contributed by atoms with Gasteiger partial charge >= 0.3 is 5.97 Å². The highest BCUT2D eigenvalue weighted by Gasteiger charge is 2.41. The zero-order valence-electron chi connectivity index (χ0n) is 12.9. The molecule has 0 spiro atoms. The van der Waals surface area contributed by atoms with E-state index in [9.17, 15) is 13.2 Å². The second-order valence-corrected chi connectivity index (χ2v) is 7.70. The van der Waals surface area contributed by atoms with Crippen molar-refractivity contribution in [2.75, 3.05) is 27.3 Å². The third-order valence-corrected chi connectivity index (χ3v) is 6.25. The Bertz CT molecular complexity index is 720. The van der Waals surface area contributed by atoms with Crippen LogP contribution >= 0.6 is 11.6 Å². The van der Waals surface area contributed by atoms with Crippen LogP contribution < -0.4 is 9.47 Å². The van der Waals surface area contributed by atoms with E-state index >= 15 is 0 Å². The third kappa shape index (κ3) is 3.24. The second-order valence-electron chi connectivity index (χ2n) is 5.38. The molecule has 0 amide bonds. The van der Waals surface area contributed by atoms with Gasteiger partial charge in [-0.25, -0.2) is 8.42 Å². The number of halogens is 1. The molecule has 7 nitrogen and oxygen atoms in total. The van der Waals surface area contributed by atoms with E-state index in [2.05, 4.69) is 0 Å². The summed E-state index contributed by atoms with van der Waals surface area (Å²) in [7, 11) is -1.12. The van der Waals surface area contributed by atoms with E-state index in [-0.39, 0.29) is 34.7 Å². The van der Waals surface area contributed by atoms with Crippen molar-refractivity contribution in [3.63, 3.8) is 0 Å². The Morgan fingerprint density at radius 2 is 1.83 bits per heavy atom. The van der Waals surface area contributed by atoms with Crippen LogP contribution in [0.25, 0.3) is 0 Å². The molecule has 23 heavy (non-hydrogen) atoms. The Kier molecular flexibility index (Phi) is 5.07. The molecule has 0 bridgehead atoms. The summed E-state index contributed by atoms with van der Waals surface area (Å²) in [5, 5.41) is 9.15. The van der Waals surface area contributed by atoms with Gasteiger partial charge in [-0.3, -0.25) is 4.79 Å². The summed E-state index contributed by atoms with van der Waals surface area (Å²) >= 11 is 6.08. The summed E-state index contributed by atoms with van der Waals surface area (Å²) in [4.78, 5) is 11.1. The summed E-state index contributed by atoms with van der Waals surface area (Å²) in [6, 6.07) is 2.65. The number of carboxylic acids is 1. The molecule has 1 saturated heterocycles. The maximum atomic E-state index is 12.8. The number of aliphatic carboxylic acids is 1. The lowest BCUT2D eigenvalue weighted by Gasteiger charge is -2.18. The second kappa shape index (κ2) is 6.54. The molecule has 0 aliphatic carbocycles. The van der Waals surface area contributed by atoms with Gasteiger partial charge in [0.2, 0.25) is 10.0 Å². The molecule has 1 heterocycles. The van der Waals surface area contributed by atoms with Crippen LogP contribution in [0, 0.1) is 11.8 Å². The monoisotopic (exact) mass is 363 g/mol. The largest absolute Gasteiger partial charge is 0.493 e. The standard InChI is InChI=1S/C14H18ClNO6S/c1-8-6-16(7-9(8)14(17)18)23(19,20)13-5-12(22-3)11(21-2)4-10(13)15/h4-5,8-9H,6-7H2,1-3H3,(H,17,18)/t8-,9-/m1/s1. The number of ether oxygens (including phenoxy) is 2. The van der Waals surface area contributed by atoms with Crippen molar-refractivity contribution in [1.82, 2.24) is 4.31 Å². The molecular formula is C14H18ClNO6S. The van der Waals surface area contributed by atoms with Crippen LogP contribution in [-0.4, -0.2) is 51.1 Å². The van der Waals surface area contributed by atoms with Gasteiger partial charge in [0.25, 0.3) is 0 Å². The van der Waals surface area contributed by atoms with Crippen LogP contribution in [-0.2, 0) is 14.8 Å². The van der Waals surface area contributed by atoms with Crippen LogP contribution in [0.2, 0.25) is 5.02 Å². The smallest absolute Gasteiger partial charge is 0.308 e. The Morgan fingerprint density at radius 1 is 1.26 bits per heavy atom. The predicted molar refractivity (Wildman–Crippen MR) is 83.6 cm³/mol. The molecule has 1 N–H and O–H groups in total. The molecule has 0 unspecified atom stereocenters. The summed E-state index contributed by atoms with van der Waals surface area (Å²) in [5.41, 5.74) is 0. The lowest BCUT2D eigenvalue weighted by Crippen LogP contribution is -2.30. The summed E-state index contributed by atoms with van der Waals surface area (Å²) in [6.45, 7) is 1.76. The zero-order valence-corrected chi connectivity index (χ0v) is 14.5. The van der Waals surface area contributed by atoms with Crippen LogP contribution in [0.4, 0.5) is 0 Å². The molecule has 1 fully saturated rings. The van der Waals surface area contributed by atoms with Crippen LogP contribution in [0.1, 0.15) is 6.92 Å². The van der Waals surface area contributed by atoms with Crippen molar-refractivity contribution < 1.29 is 27.8 Å². The summed E-state index contributed by atoms with van der Waals surface area (Å²) in [5.74, 6) is -1.47. The first-order valence-corrected chi connectivity index (χ1v) is 8.68. The van der Waals surface area contributed by atoms with Gasteiger partial charge in [0, 0.05) is 25.2 Å². The van der Waals surface area contributed by atoms with Gasteiger partial charge in [0.05, 0.1) is 25.2 Å². The zero-order chi connectivity index (χ0) is 17.4. The molecule has 0 radical (unpaired) electrons. The molecule has 128 valence electrons. The van der Waals surface area contributed by atoms with E-state index in [0.29, 0.717) is 5.75 Å². The van der Waals surface area contributed by atoms with Crippen molar-refractivity contribution in [2.24, 2.45) is 11.8 Å². The van der Waals surface area contributed by atoms with Gasteiger partial charge in [0.15, 0.2) is 11.5 Å². The molecule has 1 aromatic rings. The number of hydrogen-bond donors (Lipinski definition) is 1. The number of carboxylic acid groups (broad SMARTS) is 1. The number of benzene rings is 1. The van der Waals surface area contributed by atoms with Crippen molar-refractivity contribution >= 4 is 27.6 Å². The first-order valence-electron chi connectivity index (χ1n) is 6.86. The van der Waals surface area contributed by atoms with Crippen molar-refractivity contribution in [3.05, 3.63) is 17.2 Å². The van der Waals surface area contributed by atoms with E-state index in [1.54, 1.807) is 6.92 Å². The fourth-order valence-corrected chi connectivity index (χ4v) is 4.69. The molecule has 9 heteroatoms. The van der Waals surface area contributed by atoms with Crippen molar-refractivity contribution in [2.45, 2.75) is 11.8 Å². The van der Waals surface area contributed by atoms with E-state index in [0.717, 1.165) is 4.31 Å². The highest BCUT2D eigenvalue weighted by molar-refractivity contribution is 7.89. The number of rotatable bonds is 5. The van der Waals surface area contributed by atoms with E-state index in [1.807, 2.05) is 0 Å². The molecule has 1 aliphatic heterocycles. The van der Waals surface area contributed by atoms with E-state index in [1.165, 1.54) is 26.4 Å². The Hall–Kier alpha value is -1.51. The fraction of sp³-hybridized carbons (Fsp3) is 0.500. The van der Waals surface area contributed by atoms with Gasteiger partial charge < -0.3 is 14.6 Å². The molecule has 1 aliphatic rings. The molecular weight excluding hydrogens is 346 g/mol. The summed E-state index contributed by atoms with van der Waals surface area (Å²) < 4.78 is 36.9. The van der Waals surface area contributed by atoms with Gasteiger partial charge in [0.1, 0.15) is 4.90 Å². The first kappa shape index (κ1) is 17.8. The first-order chi connectivity index (χ1) is 10.7. The Labute approximate surface area is 139 Å². The quantitative estimate of drug-likeness (QED) is 0.855. The van der Waals surface area contributed by atoms with Crippen molar-refractivity contribution in [1.29, 1.82) is 0 Å². The topological polar surface area (TPSA) is 93.1 Å². The molecule has 0 saturated carbocycles. The van der Waals surface area contributed by atoms with Crippen LogP contribution in [0.5, 0.6) is 11.5 Å². The lowest BCUT2D eigenvalue weighted by atomic mass is 9.99. The maximum Gasteiger partial charge on any atom is 0.308 e. The average molecular weight is 364 g/mol. The molecule has 2 rings (SSSR count). The Balaban J connectivity index is 2.43. The highest BCUT2D eigenvalue weighted by atomic mass is 35.5. The maximum absolute atomic E-state index is 12.8. The molecule has 2 atom stereocenters. The summed E-state index contributed by atoms with van der Waals surface area (Å²) in [6.07, 6.45) is 0. The van der Waals surface area contributed by atoms with Gasteiger partial charge in [-0.2, -0.15) is 4.31 Å². The average Bonchev–Trinajstić information content (AvgIpc) is 2.89. The van der Waals surface area contributed by atoms with Gasteiger partial charge in [-0.15, -0.1) is 0 Å². The van der Waals surface area contributed by atoms with Crippen LogP contribution in [0.3, 0.4) is 0 Å². The minimum Gasteiger partial charge on any atom is -0.493 e. The number of carbonyl (C=O) groups is 1. The SMILES string of the molecule is COc1cc(Cl)c(S(=O)(=O)N2C[C@@H](C)[C@H](C(=O)O)C2)cc1OC. The van der Waals surface area contributed by atoms with E-state index in [4.69, 9.17) is 26.2 Å². The Morgan fingerprint density at radius 3 is 2.30 bits per heavy atom.